The highest BCUT2D eigenvalue weighted by atomic mass is 16.5. The Morgan fingerprint density at radius 2 is 1.33 bits per heavy atom. The van der Waals surface area contributed by atoms with E-state index in [9.17, 15) is 0 Å². The van der Waals surface area contributed by atoms with Gasteiger partial charge < -0.3 is 9.47 Å². The standard InChI is InChI=1S/C12H27NO2/c1-12(2,3)6-7-13(8-10-14-4)9-11-15-5/h6-11H2,1-5H3. The smallest absolute Gasteiger partial charge is 0.0589 e. The van der Waals surface area contributed by atoms with Gasteiger partial charge in [0.05, 0.1) is 13.2 Å². The normalized spacial score (nSPS) is 12.4. The molecule has 0 bridgehead atoms. The Morgan fingerprint density at radius 3 is 1.67 bits per heavy atom. The largest absolute Gasteiger partial charge is 0.383 e. The van der Waals surface area contributed by atoms with Crippen LogP contribution in [0.3, 0.4) is 0 Å². The molecular formula is C12H27NO2. The summed E-state index contributed by atoms with van der Waals surface area (Å²) in [6, 6.07) is 0. The van der Waals surface area contributed by atoms with Gasteiger partial charge in [-0.1, -0.05) is 20.8 Å². The molecule has 0 amide bonds. The number of rotatable bonds is 8. The molecule has 0 fully saturated rings. The van der Waals surface area contributed by atoms with E-state index in [1.165, 1.54) is 6.42 Å². The van der Waals surface area contributed by atoms with E-state index in [0.717, 1.165) is 32.8 Å². The first-order valence-corrected chi connectivity index (χ1v) is 5.70. The van der Waals surface area contributed by atoms with Crippen molar-refractivity contribution in [1.82, 2.24) is 4.90 Å². The highest BCUT2D eigenvalue weighted by molar-refractivity contribution is 4.66. The molecule has 0 rings (SSSR count). The van der Waals surface area contributed by atoms with Gasteiger partial charge >= 0.3 is 0 Å². The molecule has 0 aliphatic heterocycles. The zero-order valence-electron chi connectivity index (χ0n) is 11.0. The molecule has 0 N–H and O–H groups in total. The SMILES string of the molecule is COCCN(CCOC)CCC(C)(C)C. The van der Waals surface area contributed by atoms with Gasteiger partial charge in [-0.2, -0.15) is 0 Å². The van der Waals surface area contributed by atoms with Gasteiger partial charge in [0.1, 0.15) is 0 Å². The zero-order valence-corrected chi connectivity index (χ0v) is 11.0. The average Bonchev–Trinajstić information content (AvgIpc) is 2.15. The van der Waals surface area contributed by atoms with Crippen LogP contribution in [0.1, 0.15) is 27.2 Å². The van der Waals surface area contributed by atoms with E-state index < -0.39 is 0 Å². The van der Waals surface area contributed by atoms with E-state index in [-0.39, 0.29) is 0 Å². The third-order valence-corrected chi connectivity index (χ3v) is 2.40. The molecule has 3 nitrogen and oxygen atoms in total. The lowest BCUT2D eigenvalue weighted by Crippen LogP contribution is -2.33. The molecule has 0 saturated carbocycles. The van der Waals surface area contributed by atoms with Crippen molar-refractivity contribution in [2.45, 2.75) is 27.2 Å². The van der Waals surface area contributed by atoms with Crippen molar-refractivity contribution in [2.75, 3.05) is 47.1 Å². The Bertz CT molecular complexity index is 135. The van der Waals surface area contributed by atoms with E-state index in [0.29, 0.717) is 5.41 Å². The summed E-state index contributed by atoms with van der Waals surface area (Å²) in [5.41, 5.74) is 0.401. The second-order valence-corrected chi connectivity index (χ2v) is 5.14. The molecule has 0 unspecified atom stereocenters. The molecule has 0 aromatic heterocycles. The van der Waals surface area contributed by atoms with Crippen molar-refractivity contribution in [3.8, 4) is 0 Å². The topological polar surface area (TPSA) is 21.7 Å². The Morgan fingerprint density at radius 1 is 0.867 bits per heavy atom. The van der Waals surface area contributed by atoms with Crippen LogP contribution in [0.2, 0.25) is 0 Å². The first-order valence-electron chi connectivity index (χ1n) is 5.70. The number of ether oxygens (including phenoxy) is 2. The van der Waals surface area contributed by atoms with Crippen molar-refractivity contribution >= 4 is 0 Å². The Hall–Kier alpha value is -0.120. The summed E-state index contributed by atoms with van der Waals surface area (Å²) in [5, 5.41) is 0. The van der Waals surface area contributed by atoms with Gasteiger partial charge in [-0.3, -0.25) is 4.90 Å². The lowest BCUT2D eigenvalue weighted by Gasteiger charge is -2.26. The molecule has 0 aromatic rings. The zero-order chi connectivity index (χ0) is 11.7. The molecule has 0 aliphatic carbocycles. The number of methoxy groups -OCH3 is 2. The van der Waals surface area contributed by atoms with Crippen LogP contribution in [0.4, 0.5) is 0 Å². The lowest BCUT2D eigenvalue weighted by molar-refractivity contribution is 0.106. The molecule has 15 heavy (non-hydrogen) atoms. The van der Waals surface area contributed by atoms with Crippen molar-refractivity contribution in [2.24, 2.45) is 5.41 Å². The van der Waals surface area contributed by atoms with Crippen LogP contribution in [0.15, 0.2) is 0 Å². The molecule has 92 valence electrons. The minimum atomic E-state index is 0.401. The van der Waals surface area contributed by atoms with E-state index in [4.69, 9.17) is 9.47 Å². The van der Waals surface area contributed by atoms with Crippen molar-refractivity contribution in [3.63, 3.8) is 0 Å². The predicted octanol–water partition coefficient (Wildman–Crippen LogP) is 2.02. The average molecular weight is 217 g/mol. The van der Waals surface area contributed by atoms with Crippen LogP contribution in [-0.4, -0.2) is 52.0 Å². The van der Waals surface area contributed by atoms with E-state index in [2.05, 4.69) is 25.7 Å². The fraction of sp³-hybridized carbons (Fsp3) is 1.00. The van der Waals surface area contributed by atoms with Gasteiger partial charge in [0, 0.05) is 27.3 Å². The van der Waals surface area contributed by atoms with Crippen LogP contribution in [-0.2, 0) is 9.47 Å². The minimum absolute atomic E-state index is 0.401. The third kappa shape index (κ3) is 10.2. The number of hydrogen-bond donors (Lipinski definition) is 0. The molecule has 3 heteroatoms. The lowest BCUT2D eigenvalue weighted by atomic mass is 9.92. The van der Waals surface area contributed by atoms with Crippen molar-refractivity contribution < 1.29 is 9.47 Å². The fourth-order valence-electron chi connectivity index (χ4n) is 1.27. The summed E-state index contributed by atoms with van der Waals surface area (Å²) in [6.07, 6.45) is 1.21. The van der Waals surface area contributed by atoms with Gasteiger partial charge in [0.15, 0.2) is 0 Å². The summed E-state index contributed by atoms with van der Waals surface area (Å²) in [5.74, 6) is 0. The fourth-order valence-corrected chi connectivity index (χ4v) is 1.27. The van der Waals surface area contributed by atoms with E-state index in [1.807, 2.05) is 0 Å². The summed E-state index contributed by atoms with van der Waals surface area (Å²) in [4.78, 5) is 2.40. The second-order valence-electron chi connectivity index (χ2n) is 5.14. The van der Waals surface area contributed by atoms with Gasteiger partial charge in [0.2, 0.25) is 0 Å². The number of hydrogen-bond acceptors (Lipinski definition) is 3. The first-order chi connectivity index (χ1) is 6.99. The van der Waals surface area contributed by atoms with Crippen LogP contribution in [0.25, 0.3) is 0 Å². The van der Waals surface area contributed by atoms with Crippen LogP contribution in [0, 0.1) is 5.41 Å². The van der Waals surface area contributed by atoms with Gasteiger partial charge in [-0.25, -0.2) is 0 Å². The van der Waals surface area contributed by atoms with Crippen LogP contribution >= 0.6 is 0 Å². The second kappa shape index (κ2) is 8.08. The molecular weight excluding hydrogens is 190 g/mol. The van der Waals surface area contributed by atoms with E-state index >= 15 is 0 Å². The molecule has 0 aliphatic rings. The van der Waals surface area contributed by atoms with Gasteiger partial charge in [-0.05, 0) is 18.4 Å². The molecule has 0 spiro atoms. The molecule has 0 saturated heterocycles. The maximum absolute atomic E-state index is 5.10. The summed E-state index contributed by atoms with van der Waals surface area (Å²) in [6.45, 7) is 11.5. The van der Waals surface area contributed by atoms with Gasteiger partial charge in [0.25, 0.3) is 0 Å². The summed E-state index contributed by atoms with van der Waals surface area (Å²) in [7, 11) is 3.50. The number of nitrogens with zero attached hydrogens (tertiary/aromatic N) is 1. The highest BCUT2D eigenvalue weighted by Crippen LogP contribution is 2.18. The minimum Gasteiger partial charge on any atom is -0.383 e. The Kier molecular flexibility index (Phi) is 8.02. The van der Waals surface area contributed by atoms with Crippen molar-refractivity contribution in [1.29, 1.82) is 0 Å². The third-order valence-electron chi connectivity index (χ3n) is 2.40. The molecule has 0 atom stereocenters. The molecule has 0 heterocycles. The maximum atomic E-state index is 5.10. The highest BCUT2D eigenvalue weighted by Gasteiger charge is 2.12. The molecule has 0 radical (unpaired) electrons. The first kappa shape index (κ1) is 14.9. The Labute approximate surface area is 94.7 Å². The quantitative estimate of drug-likeness (QED) is 0.621. The summed E-state index contributed by atoms with van der Waals surface area (Å²) < 4.78 is 10.2. The van der Waals surface area contributed by atoms with Gasteiger partial charge in [-0.15, -0.1) is 0 Å². The van der Waals surface area contributed by atoms with Crippen LogP contribution < -0.4 is 0 Å². The monoisotopic (exact) mass is 217 g/mol. The molecule has 0 aromatic carbocycles. The van der Waals surface area contributed by atoms with E-state index in [1.54, 1.807) is 14.2 Å². The predicted molar refractivity (Wildman–Crippen MR) is 64.3 cm³/mol. The maximum Gasteiger partial charge on any atom is 0.0589 e. The summed E-state index contributed by atoms with van der Waals surface area (Å²) >= 11 is 0. The Balaban J connectivity index is 3.78. The van der Waals surface area contributed by atoms with Crippen LogP contribution in [0.5, 0.6) is 0 Å². The van der Waals surface area contributed by atoms with Crippen molar-refractivity contribution in [3.05, 3.63) is 0 Å².